The summed E-state index contributed by atoms with van der Waals surface area (Å²) in [7, 11) is 1.64. The number of aromatic nitrogens is 1. The van der Waals surface area contributed by atoms with Crippen molar-refractivity contribution < 1.29 is 4.79 Å². The second-order valence-electron chi connectivity index (χ2n) is 5.68. The Kier molecular flexibility index (Phi) is 3.66. The molecule has 0 bridgehead atoms. The smallest absolute Gasteiger partial charge is 0.231 e. The molecule has 0 spiro atoms. The number of hydrogen-bond donors (Lipinski definition) is 1. The van der Waals surface area contributed by atoms with Gasteiger partial charge in [-0.1, -0.05) is 5.92 Å². The number of carbonyl (C=O) groups excluding carboxylic acids is 1. The maximum atomic E-state index is 12.1. The van der Waals surface area contributed by atoms with Gasteiger partial charge >= 0.3 is 0 Å². The van der Waals surface area contributed by atoms with Gasteiger partial charge in [0.25, 0.3) is 0 Å². The third-order valence-electron chi connectivity index (χ3n) is 3.94. The fourth-order valence-corrected chi connectivity index (χ4v) is 3.52. The highest BCUT2D eigenvalue weighted by molar-refractivity contribution is 7.10. The molecular weight excluding hydrogens is 308 g/mol. The molecule has 0 aromatic carbocycles. The summed E-state index contributed by atoms with van der Waals surface area (Å²) < 4.78 is 0. The lowest BCUT2D eigenvalue weighted by Gasteiger charge is -2.32. The topological polar surface area (TPSA) is 71.6 Å². The van der Waals surface area contributed by atoms with Crippen LogP contribution < -0.4 is 5.73 Å². The molecule has 116 valence electrons. The van der Waals surface area contributed by atoms with Crippen molar-refractivity contribution in [1.82, 2.24) is 9.88 Å². The van der Waals surface area contributed by atoms with Crippen molar-refractivity contribution in [2.45, 2.75) is 18.9 Å². The molecular formula is C17H16N4OS. The molecule has 3 heterocycles. The Balaban J connectivity index is 1.99. The van der Waals surface area contributed by atoms with Gasteiger partial charge in [0, 0.05) is 35.4 Å². The van der Waals surface area contributed by atoms with Crippen LogP contribution in [0.5, 0.6) is 0 Å². The van der Waals surface area contributed by atoms with E-state index in [1.807, 2.05) is 24.4 Å². The summed E-state index contributed by atoms with van der Waals surface area (Å²) in [6.45, 7) is 1.93. The summed E-state index contributed by atoms with van der Waals surface area (Å²) in [4.78, 5) is 23.1. The van der Waals surface area contributed by atoms with E-state index in [2.05, 4.69) is 15.9 Å². The second-order valence-corrected chi connectivity index (χ2v) is 6.59. The van der Waals surface area contributed by atoms with E-state index in [0.717, 1.165) is 21.6 Å². The van der Waals surface area contributed by atoms with E-state index in [-0.39, 0.29) is 11.9 Å². The predicted molar refractivity (Wildman–Crippen MR) is 91.8 cm³/mol. The van der Waals surface area contributed by atoms with Crippen LogP contribution in [0.3, 0.4) is 0 Å². The third kappa shape index (κ3) is 2.71. The zero-order valence-electron chi connectivity index (χ0n) is 12.9. The minimum absolute atomic E-state index is 0.0362. The molecule has 2 N–H and O–H groups in total. The first-order valence-electron chi connectivity index (χ1n) is 7.06. The summed E-state index contributed by atoms with van der Waals surface area (Å²) in [5.41, 5.74) is 7.93. The Morgan fingerprint density at radius 1 is 1.39 bits per heavy atom. The summed E-state index contributed by atoms with van der Waals surface area (Å²) in [6.07, 6.45) is 9.14. The largest absolute Gasteiger partial charge is 0.369 e. The SMILES string of the molecule is C#Cc1cncc(-c2csc([C@]3(C)CC(=O)N(C)C(N)=N3)c2)c1. The molecule has 3 rings (SSSR count). The number of carbonyl (C=O) groups is 1. The summed E-state index contributed by atoms with van der Waals surface area (Å²) in [5.74, 6) is 2.79. The summed E-state index contributed by atoms with van der Waals surface area (Å²) >= 11 is 1.56. The van der Waals surface area contributed by atoms with Gasteiger partial charge in [0.1, 0.15) is 5.54 Å². The number of rotatable bonds is 2. The molecule has 0 aliphatic carbocycles. The highest BCUT2D eigenvalue weighted by Crippen LogP contribution is 2.38. The lowest BCUT2D eigenvalue weighted by Crippen LogP contribution is -2.47. The highest BCUT2D eigenvalue weighted by Gasteiger charge is 2.37. The second kappa shape index (κ2) is 5.52. The molecule has 1 amide bonds. The van der Waals surface area contributed by atoms with Gasteiger partial charge in [0.05, 0.1) is 6.42 Å². The maximum Gasteiger partial charge on any atom is 0.231 e. The molecule has 0 saturated carbocycles. The first kappa shape index (κ1) is 15.3. The molecule has 5 nitrogen and oxygen atoms in total. The zero-order valence-corrected chi connectivity index (χ0v) is 13.7. The minimum atomic E-state index is -0.631. The number of nitrogens with two attached hydrogens (primary N) is 1. The third-order valence-corrected chi connectivity index (χ3v) is 5.13. The molecule has 1 aliphatic heterocycles. The molecule has 1 aliphatic rings. The van der Waals surface area contributed by atoms with Gasteiger partial charge in [-0.2, -0.15) is 0 Å². The fraction of sp³-hybridized carbons (Fsp3) is 0.235. The molecule has 6 heteroatoms. The van der Waals surface area contributed by atoms with Gasteiger partial charge < -0.3 is 5.73 Å². The van der Waals surface area contributed by atoms with Crippen molar-refractivity contribution in [3.63, 3.8) is 0 Å². The number of aliphatic imine (C=N–C) groups is 1. The van der Waals surface area contributed by atoms with Crippen LogP contribution in [-0.2, 0) is 10.3 Å². The molecule has 1 atom stereocenters. The van der Waals surface area contributed by atoms with Crippen LogP contribution in [-0.4, -0.2) is 28.8 Å². The van der Waals surface area contributed by atoms with E-state index in [0.29, 0.717) is 6.42 Å². The molecule has 2 aromatic rings. The molecule has 0 fully saturated rings. The number of terminal acetylenes is 1. The maximum absolute atomic E-state index is 12.1. The standard InChI is InChI=1S/C17H16N4OS/c1-4-11-5-12(9-19-8-11)13-6-14(23-10-13)17(2)7-15(22)21(3)16(18)20-17/h1,5-6,8-10H,7H2,2-3H3,(H2,18,20)/t17-/m0/s1. The van der Waals surface area contributed by atoms with Crippen LogP contribution in [0.15, 0.2) is 34.9 Å². The number of thiophene rings is 1. The van der Waals surface area contributed by atoms with Gasteiger partial charge in [-0.25, -0.2) is 4.99 Å². The lowest BCUT2D eigenvalue weighted by atomic mass is 9.93. The van der Waals surface area contributed by atoms with E-state index >= 15 is 0 Å². The van der Waals surface area contributed by atoms with E-state index < -0.39 is 5.54 Å². The molecule has 0 radical (unpaired) electrons. The minimum Gasteiger partial charge on any atom is -0.369 e. The van der Waals surface area contributed by atoms with Gasteiger partial charge in [-0.05, 0) is 30.0 Å². The van der Waals surface area contributed by atoms with Crippen molar-refractivity contribution in [3.8, 4) is 23.5 Å². The monoisotopic (exact) mass is 324 g/mol. The average molecular weight is 324 g/mol. The Hall–Kier alpha value is -2.65. The van der Waals surface area contributed by atoms with Gasteiger partial charge in [-0.15, -0.1) is 17.8 Å². The number of nitrogens with zero attached hydrogens (tertiary/aromatic N) is 3. The Morgan fingerprint density at radius 2 is 2.17 bits per heavy atom. The first-order chi connectivity index (χ1) is 10.9. The number of hydrogen-bond acceptors (Lipinski definition) is 5. The van der Waals surface area contributed by atoms with Crippen LogP contribution in [0.1, 0.15) is 23.8 Å². The van der Waals surface area contributed by atoms with Crippen molar-refractivity contribution in [2.75, 3.05) is 7.05 Å². The van der Waals surface area contributed by atoms with Crippen molar-refractivity contribution in [1.29, 1.82) is 0 Å². The van der Waals surface area contributed by atoms with Gasteiger partial charge in [0.15, 0.2) is 5.96 Å². The van der Waals surface area contributed by atoms with E-state index in [1.54, 1.807) is 30.8 Å². The molecule has 0 unspecified atom stereocenters. The summed E-state index contributed by atoms with van der Waals surface area (Å²) in [6, 6.07) is 3.94. The zero-order chi connectivity index (χ0) is 16.6. The molecule has 23 heavy (non-hydrogen) atoms. The quantitative estimate of drug-likeness (QED) is 0.861. The van der Waals surface area contributed by atoms with Crippen LogP contribution in [0.25, 0.3) is 11.1 Å². The summed E-state index contributed by atoms with van der Waals surface area (Å²) in [5, 5.41) is 2.02. The Bertz CT molecular complexity index is 848. The number of pyridine rings is 1. The van der Waals surface area contributed by atoms with E-state index in [1.165, 1.54) is 4.90 Å². The van der Waals surface area contributed by atoms with Crippen LogP contribution >= 0.6 is 11.3 Å². The highest BCUT2D eigenvalue weighted by atomic mass is 32.1. The molecule has 0 saturated heterocycles. The normalized spacial score (nSPS) is 21.0. The first-order valence-corrected chi connectivity index (χ1v) is 7.94. The lowest BCUT2D eigenvalue weighted by molar-refractivity contribution is -0.128. The number of amides is 1. The van der Waals surface area contributed by atoms with Gasteiger partial charge in [0.2, 0.25) is 5.91 Å². The molecule has 2 aromatic heterocycles. The van der Waals surface area contributed by atoms with Crippen LogP contribution in [0.2, 0.25) is 0 Å². The van der Waals surface area contributed by atoms with Crippen molar-refractivity contribution >= 4 is 23.2 Å². The van der Waals surface area contributed by atoms with Crippen LogP contribution in [0, 0.1) is 12.3 Å². The van der Waals surface area contributed by atoms with Crippen LogP contribution in [0.4, 0.5) is 0 Å². The van der Waals surface area contributed by atoms with Gasteiger partial charge in [-0.3, -0.25) is 14.7 Å². The Labute approximate surface area is 138 Å². The van der Waals surface area contributed by atoms with E-state index in [9.17, 15) is 4.79 Å². The average Bonchev–Trinajstić information content (AvgIpc) is 3.03. The van der Waals surface area contributed by atoms with E-state index in [4.69, 9.17) is 12.2 Å². The number of guanidine groups is 1. The van der Waals surface area contributed by atoms with Crippen molar-refractivity contribution in [3.05, 3.63) is 40.3 Å². The predicted octanol–water partition coefficient (Wildman–Crippen LogP) is 2.18. The fourth-order valence-electron chi connectivity index (χ4n) is 2.50. The Morgan fingerprint density at radius 3 is 2.87 bits per heavy atom. The van der Waals surface area contributed by atoms with Crippen molar-refractivity contribution in [2.24, 2.45) is 10.7 Å².